The summed E-state index contributed by atoms with van der Waals surface area (Å²) in [6, 6.07) is 3.48. The smallest absolute Gasteiger partial charge is 0.271 e. The van der Waals surface area contributed by atoms with Gasteiger partial charge in [0, 0.05) is 25.2 Å². The molecule has 0 spiro atoms. The second kappa shape index (κ2) is 7.34. The zero-order chi connectivity index (χ0) is 16.0. The fourth-order valence-corrected chi connectivity index (χ4v) is 3.72. The minimum atomic E-state index is -3.74. The number of hydrogen-bond donors (Lipinski definition) is 2. The van der Waals surface area contributed by atoms with Gasteiger partial charge >= 0.3 is 0 Å². The predicted octanol–water partition coefficient (Wildman–Crippen LogP) is 1.69. The van der Waals surface area contributed by atoms with E-state index in [4.69, 9.17) is 5.84 Å². The number of nitro benzene ring substituents is 1. The molecule has 0 aliphatic heterocycles. The maximum absolute atomic E-state index is 12.6. The predicted molar refractivity (Wildman–Crippen MR) is 80.2 cm³/mol. The molecule has 0 heterocycles. The van der Waals surface area contributed by atoms with Crippen molar-refractivity contribution in [2.45, 2.75) is 31.6 Å². The lowest BCUT2D eigenvalue weighted by Crippen LogP contribution is -2.33. The van der Waals surface area contributed by atoms with Crippen molar-refractivity contribution < 1.29 is 13.3 Å². The molecule has 0 aliphatic carbocycles. The average Bonchev–Trinajstić information content (AvgIpc) is 2.46. The Morgan fingerprint density at radius 2 is 1.86 bits per heavy atom. The molecule has 0 radical (unpaired) electrons. The molecule has 0 aliphatic rings. The number of sulfonamides is 1. The Labute approximate surface area is 124 Å². The lowest BCUT2D eigenvalue weighted by Gasteiger charge is -2.22. The van der Waals surface area contributed by atoms with Gasteiger partial charge in [0.2, 0.25) is 10.0 Å². The van der Waals surface area contributed by atoms with E-state index in [-0.39, 0.29) is 16.3 Å². The van der Waals surface area contributed by atoms with Crippen LogP contribution in [0.3, 0.4) is 0 Å². The van der Waals surface area contributed by atoms with Gasteiger partial charge in [0.15, 0.2) is 0 Å². The summed E-state index contributed by atoms with van der Waals surface area (Å²) in [6.45, 7) is 4.54. The number of nitrogens with two attached hydrogens (primary N) is 1. The number of nitrogens with zero attached hydrogens (tertiary/aromatic N) is 2. The highest BCUT2D eigenvalue weighted by atomic mass is 32.2. The Bertz CT molecular complexity index is 597. The van der Waals surface area contributed by atoms with Gasteiger partial charge in [-0.05, 0) is 18.9 Å². The van der Waals surface area contributed by atoms with Crippen LogP contribution in [0.1, 0.15) is 26.7 Å². The first-order chi connectivity index (χ1) is 9.88. The number of nitrogen functional groups attached to an aromatic ring is 1. The molecule has 9 heteroatoms. The van der Waals surface area contributed by atoms with E-state index >= 15 is 0 Å². The van der Waals surface area contributed by atoms with Crippen LogP contribution < -0.4 is 11.3 Å². The van der Waals surface area contributed by atoms with Gasteiger partial charge in [-0.15, -0.1) is 0 Å². The lowest BCUT2D eigenvalue weighted by atomic mass is 10.3. The number of anilines is 1. The summed E-state index contributed by atoms with van der Waals surface area (Å²) in [4.78, 5) is 10.1. The Kier molecular flexibility index (Phi) is 6.06. The van der Waals surface area contributed by atoms with E-state index in [2.05, 4.69) is 5.43 Å². The highest BCUT2D eigenvalue weighted by Crippen LogP contribution is 2.28. The van der Waals surface area contributed by atoms with Crippen molar-refractivity contribution in [3.05, 3.63) is 28.3 Å². The van der Waals surface area contributed by atoms with Crippen LogP contribution in [-0.2, 0) is 10.0 Å². The highest BCUT2D eigenvalue weighted by molar-refractivity contribution is 7.89. The summed E-state index contributed by atoms with van der Waals surface area (Å²) in [5.41, 5.74) is 2.02. The highest BCUT2D eigenvalue weighted by Gasteiger charge is 2.27. The molecular formula is C12H20N4O4S. The van der Waals surface area contributed by atoms with Gasteiger partial charge in [0.05, 0.1) is 10.6 Å². The van der Waals surface area contributed by atoms with Crippen LogP contribution in [0.25, 0.3) is 0 Å². The SMILES string of the molecule is CCCN(CCC)S(=O)(=O)c1ccc([N+](=O)[O-])cc1NN. The number of rotatable bonds is 8. The average molecular weight is 316 g/mol. The van der Waals surface area contributed by atoms with Crippen LogP contribution >= 0.6 is 0 Å². The third-order valence-corrected chi connectivity index (χ3v) is 4.85. The molecule has 1 rings (SSSR count). The third-order valence-electron chi connectivity index (χ3n) is 2.89. The van der Waals surface area contributed by atoms with Crippen molar-refractivity contribution in [3.8, 4) is 0 Å². The maximum Gasteiger partial charge on any atom is 0.271 e. The largest absolute Gasteiger partial charge is 0.323 e. The van der Waals surface area contributed by atoms with E-state index < -0.39 is 14.9 Å². The van der Waals surface area contributed by atoms with E-state index in [0.717, 1.165) is 12.1 Å². The third kappa shape index (κ3) is 3.90. The molecule has 21 heavy (non-hydrogen) atoms. The monoisotopic (exact) mass is 316 g/mol. The van der Waals surface area contributed by atoms with Gasteiger partial charge in [0.1, 0.15) is 4.90 Å². The summed E-state index contributed by atoms with van der Waals surface area (Å²) in [5.74, 6) is 5.31. The normalized spacial score (nSPS) is 11.6. The molecular weight excluding hydrogens is 296 g/mol. The first-order valence-electron chi connectivity index (χ1n) is 6.63. The molecule has 0 unspecified atom stereocenters. The van der Waals surface area contributed by atoms with E-state index in [1.165, 1.54) is 10.4 Å². The number of hydrogen-bond acceptors (Lipinski definition) is 6. The van der Waals surface area contributed by atoms with E-state index in [9.17, 15) is 18.5 Å². The molecule has 8 nitrogen and oxygen atoms in total. The zero-order valence-electron chi connectivity index (χ0n) is 12.1. The minimum Gasteiger partial charge on any atom is -0.323 e. The van der Waals surface area contributed by atoms with Crippen molar-refractivity contribution in [3.63, 3.8) is 0 Å². The fourth-order valence-electron chi connectivity index (χ4n) is 1.96. The van der Waals surface area contributed by atoms with E-state index in [1.54, 1.807) is 0 Å². The van der Waals surface area contributed by atoms with Crippen LogP contribution in [0.15, 0.2) is 23.1 Å². The Hall–Kier alpha value is -1.71. The summed E-state index contributed by atoms with van der Waals surface area (Å²) >= 11 is 0. The molecule has 0 amide bonds. The number of non-ortho nitro benzene ring substituents is 1. The topological polar surface area (TPSA) is 119 Å². The molecule has 0 saturated heterocycles. The molecule has 0 aromatic heterocycles. The summed E-state index contributed by atoms with van der Waals surface area (Å²) in [6.07, 6.45) is 1.36. The van der Waals surface area contributed by atoms with Crippen LogP contribution in [-0.4, -0.2) is 30.7 Å². The second-order valence-corrected chi connectivity index (χ2v) is 6.39. The molecule has 0 fully saturated rings. The lowest BCUT2D eigenvalue weighted by molar-refractivity contribution is -0.384. The molecule has 1 aromatic carbocycles. The minimum absolute atomic E-state index is 0.0152. The number of nitro groups is 1. The summed E-state index contributed by atoms with van der Waals surface area (Å²) in [7, 11) is -3.74. The van der Waals surface area contributed by atoms with Gasteiger partial charge in [-0.1, -0.05) is 13.8 Å². The van der Waals surface area contributed by atoms with Crippen LogP contribution in [0.5, 0.6) is 0 Å². The van der Waals surface area contributed by atoms with Crippen molar-refractivity contribution in [2.24, 2.45) is 5.84 Å². The zero-order valence-corrected chi connectivity index (χ0v) is 12.9. The molecule has 0 bridgehead atoms. The Balaban J connectivity index is 3.32. The Morgan fingerprint density at radius 1 is 1.29 bits per heavy atom. The van der Waals surface area contributed by atoms with Gasteiger partial charge in [-0.25, -0.2) is 8.42 Å². The Morgan fingerprint density at radius 3 is 2.29 bits per heavy atom. The van der Waals surface area contributed by atoms with Gasteiger partial charge in [-0.2, -0.15) is 4.31 Å². The van der Waals surface area contributed by atoms with Crippen LogP contribution in [0, 0.1) is 10.1 Å². The summed E-state index contributed by atoms with van der Waals surface area (Å²) in [5, 5.41) is 10.7. The van der Waals surface area contributed by atoms with Gasteiger partial charge < -0.3 is 5.43 Å². The second-order valence-electron chi connectivity index (χ2n) is 4.49. The van der Waals surface area contributed by atoms with Gasteiger partial charge in [-0.3, -0.25) is 16.0 Å². The maximum atomic E-state index is 12.6. The van der Waals surface area contributed by atoms with Crippen molar-refractivity contribution in [1.82, 2.24) is 4.31 Å². The quantitative estimate of drug-likeness (QED) is 0.428. The first-order valence-corrected chi connectivity index (χ1v) is 8.07. The molecule has 3 N–H and O–H groups in total. The number of nitrogens with one attached hydrogen (secondary N) is 1. The fraction of sp³-hybridized carbons (Fsp3) is 0.500. The van der Waals surface area contributed by atoms with Crippen molar-refractivity contribution in [2.75, 3.05) is 18.5 Å². The van der Waals surface area contributed by atoms with Crippen molar-refractivity contribution in [1.29, 1.82) is 0 Å². The van der Waals surface area contributed by atoms with E-state index in [0.29, 0.717) is 25.9 Å². The number of benzene rings is 1. The summed E-state index contributed by atoms with van der Waals surface area (Å²) < 4.78 is 26.6. The van der Waals surface area contributed by atoms with Gasteiger partial charge in [0.25, 0.3) is 5.69 Å². The molecule has 118 valence electrons. The van der Waals surface area contributed by atoms with E-state index in [1.807, 2.05) is 13.8 Å². The van der Waals surface area contributed by atoms with Crippen LogP contribution in [0.2, 0.25) is 0 Å². The standard InChI is InChI=1S/C12H20N4O4S/c1-3-7-15(8-4-2)21(19,20)12-6-5-10(16(17)18)9-11(12)14-13/h5-6,9,14H,3-4,7-8,13H2,1-2H3. The molecule has 1 aromatic rings. The van der Waals surface area contributed by atoms with Crippen LogP contribution in [0.4, 0.5) is 11.4 Å². The van der Waals surface area contributed by atoms with Crippen molar-refractivity contribution >= 4 is 21.4 Å². The number of hydrazine groups is 1. The molecule has 0 saturated carbocycles. The first kappa shape index (κ1) is 17.3. The molecule has 0 atom stereocenters.